The van der Waals surface area contributed by atoms with E-state index >= 15 is 0 Å². The molecule has 0 aliphatic heterocycles. The summed E-state index contributed by atoms with van der Waals surface area (Å²) in [7, 11) is 0. The first-order valence-electron chi connectivity index (χ1n) is 6.99. The maximum absolute atomic E-state index is 10.6. The second kappa shape index (κ2) is 6.53. The molecule has 1 aliphatic rings. The SMILES string of the molecule is C=CCCC1CCC(c2ccc(C=O)cc2)CC1. The van der Waals surface area contributed by atoms with Gasteiger partial charge in [-0.3, -0.25) is 4.79 Å². The van der Waals surface area contributed by atoms with Gasteiger partial charge in [0, 0.05) is 5.56 Å². The molecular weight excluding hydrogens is 220 g/mol. The summed E-state index contributed by atoms with van der Waals surface area (Å²) in [6.07, 6.45) is 10.7. The van der Waals surface area contributed by atoms with Crippen molar-refractivity contribution in [2.24, 2.45) is 5.92 Å². The summed E-state index contributed by atoms with van der Waals surface area (Å²) in [6, 6.07) is 8.12. The van der Waals surface area contributed by atoms with Crippen LogP contribution >= 0.6 is 0 Å². The Bertz CT molecular complexity index is 383. The van der Waals surface area contributed by atoms with Crippen molar-refractivity contribution in [2.45, 2.75) is 44.4 Å². The highest BCUT2D eigenvalue weighted by Crippen LogP contribution is 2.37. The third kappa shape index (κ3) is 3.32. The van der Waals surface area contributed by atoms with Crippen LogP contribution in [0.4, 0.5) is 0 Å². The first kappa shape index (κ1) is 13.1. The van der Waals surface area contributed by atoms with Crippen LogP contribution in [0.1, 0.15) is 60.4 Å². The molecule has 1 aromatic rings. The van der Waals surface area contributed by atoms with Gasteiger partial charge in [0.1, 0.15) is 6.29 Å². The highest BCUT2D eigenvalue weighted by Gasteiger charge is 2.21. The number of hydrogen-bond donors (Lipinski definition) is 0. The van der Waals surface area contributed by atoms with Crippen molar-refractivity contribution < 1.29 is 4.79 Å². The first-order chi connectivity index (χ1) is 8.83. The van der Waals surface area contributed by atoms with Gasteiger partial charge in [0.05, 0.1) is 0 Å². The molecule has 0 amide bonds. The molecule has 0 bridgehead atoms. The van der Waals surface area contributed by atoms with E-state index in [0.717, 1.165) is 24.2 Å². The van der Waals surface area contributed by atoms with E-state index in [9.17, 15) is 4.79 Å². The number of aldehydes is 1. The van der Waals surface area contributed by atoms with Gasteiger partial charge in [0.25, 0.3) is 0 Å². The molecule has 2 rings (SSSR count). The van der Waals surface area contributed by atoms with Crippen molar-refractivity contribution in [3.05, 3.63) is 48.0 Å². The third-order valence-electron chi connectivity index (χ3n) is 4.17. The van der Waals surface area contributed by atoms with Gasteiger partial charge in [-0.1, -0.05) is 30.3 Å². The monoisotopic (exact) mass is 242 g/mol. The lowest BCUT2D eigenvalue weighted by Crippen LogP contribution is -2.13. The van der Waals surface area contributed by atoms with Gasteiger partial charge in [-0.15, -0.1) is 6.58 Å². The fraction of sp³-hybridized carbons (Fsp3) is 0.471. The largest absolute Gasteiger partial charge is 0.298 e. The molecule has 1 aliphatic carbocycles. The molecule has 1 fully saturated rings. The van der Waals surface area contributed by atoms with Gasteiger partial charge in [-0.25, -0.2) is 0 Å². The number of carbonyl (C=O) groups excluding carboxylic acids is 1. The Labute approximate surface area is 110 Å². The fourth-order valence-corrected chi connectivity index (χ4v) is 2.98. The van der Waals surface area contributed by atoms with Gasteiger partial charge in [-0.2, -0.15) is 0 Å². The van der Waals surface area contributed by atoms with Crippen LogP contribution < -0.4 is 0 Å². The van der Waals surface area contributed by atoms with Crippen molar-refractivity contribution in [3.8, 4) is 0 Å². The van der Waals surface area contributed by atoms with Crippen LogP contribution in [0.2, 0.25) is 0 Å². The fourth-order valence-electron chi connectivity index (χ4n) is 2.98. The molecule has 0 saturated heterocycles. The summed E-state index contributed by atoms with van der Waals surface area (Å²) in [5.41, 5.74) is 2.18. The highest BCUT2D eigenvalue weighted by molar-refractivity contribution is 5.74. The molecule has 1 heteroatoms. The molecule has 0 unspecified atom stereocenters. The number of benzene rings is 1. The Morgan fingerprint density at radius 2 is 1.78 bits per heavy atom. The molecular formula is C17H22O. The zero-order valence-corrected chi connectivity index (χ0v) is 11.0. The summed E-state index contributed by atoms with van der Waals surface area (Å²) in [4.78, 5) is 10.6. The van der Waals surface area contributed by atoms with Crippen LogP contribution in [0.25, 0.3) is 0 Å². The molecule has 1 nitrogen and oxygen atoms in total. The quantitative estimate of drug-likeness (QED) is 0.538. The third-order valence-corrected chi connectivity index (χ3v) is 4.17. The van der Waals surface area contributed by atoms with Crippen LogP contribution in [-0.2, 0) is 0 Å². The minimum atomic E-state index is 0.700. The molecule has 0 aromatic heterocycles. The average Bonchev–Trinajstić information content (AvgIpc) is 2.46. The van der Waals surface area contributed by atoms with Gasteiger partial charge >= 0.3 is 0 Å². The smallest absolute Gasteiger partial charge is 0.150 e. The van der Waals surface area contributed by atoms with E-state index in [1.807, 2.05) is 18.2 Å². The average molecular weight is 242 g/mol. The minimum Gasteiger partial charge on any atom is -0.298 e. The Morgan fingerprint density at radius 3 is 2.33 bits per heavy atom. The molecule has 0 atom stereocenters. The highest BCUT2D eigenvalue weighted by atomic mass is 16.1. The van der Waals surface area contributed by atoms with Crippen molar-refractivity contribution in [2.75, 3.05) is 0 Å². The molecule has 1 saturated carbocycles. The number of carbonyl (C=O) groups is 1. The van der Waals surface area contributed by atoms with Crippen LogP contribution in [0.5, 0.6) is 0 Å². The molecule has 18 heavy (non-hydrogen) atoms. The van der Waals surface area contributed by atoms with E-state index < -0.39 is 0 Å². The molecule has 96 valence electrons. The van der Waals surface area contributed by atoms with Crippen LogP contribution in [0, 0.1) is 5.92 Å². The Hall–Kier alpha value is -1.37. The predicted molar refractivity (Wildman–Crippen MR) is 76.0 cm³/mol. The van der Waals surface area contributed by atoms with Gasteiger partial charge in [-0.05, 0) is 55.9 Å². The van der Waals surface area contributed by atoms with E-state index in [2.05, 4.69) is 18.7 Å². The van der Waals surface area contributed by atoms with Crippen molar-refractivity contribution >= 4 is 6.29 Å². The van der Waals surface area contributed by atoms with Gasteiger partial charge in [0.15, 0.2) is 0 Å². The summed E-state index contributed by atoms with van der Waals surface area (Å²) in [5.74, 6) is 1.60. The second-order valence-electron chi connectivity index (χ2n) is 5.37. The maximum Gasteiger partial charge on any atom is 0.150 e. The molecule has 0 N–H and O–H groups in total. The lowest BCUT2D eigenvalue weighted by atomic mass is 9.77. The summed E-state index contributed by atoms with van der Waals surface area (Å²) in [6.45, 7) is 3.80. The first-order valence-corrected chi connectivity index (χ1v) is 6.99. The van der Waals surface area contributed by atoms with E-state index in [1.165, 1.54) is 37.7 Å². The van der Waals surface area contributed by atoms with E-state index in [1.54, 1.807) is 0 Å². The lowest BCUT2D eigenvalue weighted by molar-refractivity contribution is 0.112. The maximum atomic E-state index is 10.6. The van der Waals surface area contributed by atoms with E-state index in [0.29, 0.717) is 5.92 Å². The lowest BCUT2D eigenvalue weighted by Gasteiger charge is -2.28. The Balaban J connectivity index is 1.88. The summed E-state index contributed by atoms with van der Waals surface area (Å²) in [5, 5.41) is 0. The normalized spacial score (nSPS) is 23.6. The Kier molecular flexibility index (Phi) is 4.74. The molecule has 0 heterocycles. The number of rotatable bonds is 5. The second-order valence-corrected chi connectivity index (χ2v) is 5.37. The van der Waals surface area contributed by atoms with Crippen molar-refractivity contribution in [1.29, 1.82) is 0 Å². The minimum absolute atomic E-state index is 0.700. The van der Waals surface area contributed by atoms with Crippen molar-refractivity contribution in [3.63, 3.8) is 0 Å². The van der Waals surface area contributed by atoms with E-state index in [4.69, 9.17) is 0 Å². The molecule has 1 aromatic carbocycles. The van der Waals surface area contributed by atoms with Crippen LogP contribution in [0.15, 0.2) is 36.9 Å². The van der Waals surface area contributed by atoms with Gasteiger partial charge < -0.3 is 0 Å². The molecule has 0 radical (unpaired) electrons. The van der Waals surface area contributed by atoms with E-state index in [-0.39, 0.29) is 0 Å². The zero-order valence-electron chi connectivity index (χ0n) is 11.0. The number of hydrogen-bond acceptors (Lipinski definition) is 1. The Morgan fingerprint density at radius 1 is 1.11 bits per heavy atom. The van der Waals surface area contributed by atoms with Gasteiger partial charge in [0.2, 0.25) is 0 Å². The summed E-state index contributed by atoms with van der Waals surface area (Å²) < 4.78 is 0. The zero-order chi connectivity index (χ0) is 12.8. The predicted octanol–water partition coefficient (Wildman–Crippen LogP) is 4.74. The van der Waals surface area contributed by atoms with Crippen LogP contribution in [-0.4, -0.2) is 6.29 Å². The summed E-state index contributed by atoms with van der Waals surface area (Å²) >= 11 is 0. The standard InChI is InChI=1S/C17H22O/c1-2-3-4-14-5-9-16(10-6-14)17-11-7-15(13-18)8-12-17/h2,7-8,11-14,16H,1,3-6,9-10H2. The topological polar surface area (TPSA) is 17.1 Å². The van der Waals surface area contributed by atoms with Crippen molar-refractivity contribution in [1.82, 2.24) is 0 Å². The molecule has 0 spiro atoms. The number of allylic oxidation sites excluding steroid dienone is 1. The van der Waals surface area contributed by atoms with Crippen LogP contribution in [0.3, 0.4) is 0 Å².